The minimum atomic E-state index is -0.123. The van der Waals surface area contributed by atoms with Crippen LogP contribution in [0, 0.1) is 5.92 Å². The number of hydrogen-bond acceptors (Lipinski definition) is 4. The van der Waals surface area contributed by atoms with Gasteiger partial charge >= 0.3 is 5.97 Å². The van der Waals surface area contributed by atoms with Crippen LogP contribution in [-0.4, -0.2) is 32.8 Å². The molecule has 96 valence electrons. The van der Waals surface area contributed by atoms with Gasteiger partial charge in [-0.1, -0.05) is 12.1 Å². The molecule has 0 radical (unpaired) electrons. The monoisotopic (exact) mass is 247 g/mol. The Bertz CT molecular complexity index is 472. The molecule has 18 heavy (non-hydrogen) atoms. The first-order chi connectivity index (χ1) is 8.79. The molecule has 1 fully saturated rings. The van der Waals surface area contributed by atoms with E-state index < -0.39 is 0 Å². The third kappa shape index (κ3) is 1.86. The van der Waals surface area contributed by atoms with Gasteiger partial charge in [-0.05, 0) is 17.2 Å². The van der Waals surface area contributed by atoms with E-state index in [1.165, 1.54) is 18.2 Å². The van der Waals surface area contributed by atoms with Gasteiger partial charge in [0.1, 0.15) is 5.75 Å². The predicted octanol–water partition coefficient (Wildman–Crippen LogP) is 1.10. The summed E-state index contributed by atoms with van der Waals surface area (Å²) in [7, 11) is 1.45. The third-order valence-electron chi connectivity index (χ3n) is 3.86. The average molecular weight is 247 g/mol. The molecule has 0 saturated carbocycles. The summed E-state index contributed by atoms with van der Waals surface area (Å²) in [6.07, 6.45) is 0.964. The maximum Gasteiger partial charge on any atom is 0.310 e. The van der Waals surface area contributed by atoms with Crippen LogP contribution in [0.4, 0.5) is 0 Å². The third-order valence-corrected chi connectivity index (χ3v) is 3.86. The van der Waals surface area contributed by atoms with Crippen molar-refractivity contribution in [3.8, 4) is 5.75 Å². The van der Waals surface area contributed by atoms with E-state index >= 15 is 0 Å². The fourth-order valence-corrected chi connectivity index (χ4v) is 2.87. The van der Waals surface area contributed by atoms with E-state index in [0.29, 0.717) is 6.54 Å². The molecule has 2 heterocycles. The van der Waals surface area contributed by atoms with E-state index in [2.05, 4.69) is 17.4 Å². The van der Waals surface area contributed by atoms with Crippen molar-refractivity contribution in [3.05, 3.63) is 29.3 Å². The second-order valence-corrected chi connectivity index (χ2v) is 4.86. The number of hydrogen-bond donors (Lipinski definition) is 1. The molecule has 3 rings (SSSR count). The Morgan fingerprint density at radius 2 is 2.33 bits per heavy atom. The SMILES string of the molecule is COC(=O)[C@@H]1CNC[C@H]1c1ccc2c(c1)CCO2. The van der Waals surface area contributed by atoms with Crippen molar-refractivity contribution in [1.82, 2.24) is 5.32 Å². The zero-order valence-corrected chi connectivity index (χ0v) is 10.4. The highest BCUT2D eigenvalue weighted by Gasteiger charge is 2.35. The van der Waals surface area contributed by atoms with Crippen molar-refractivity contribution in [3.63, 3.8) is 0 Å². The Morgan fingerprint density at radius 1 is 1.44 bits per heavy atom. The molecule has 2 atom stereocenters. The number of fused-ring (bicyclic) bond motifs is 1. The van der Waals surface area contributed by atoms with Crippen LogP contribution in [-0.2, 0) is 16.0 Å². The van der Waals surface area contributed by atoms with Gasteiger partial charge in [-0.15, -0.1) is 0 Å². The molecule has 2 aliphatic rings. The lowest BCUT2D eigenvalue weighted by Crippen LogP contribution is -2.23. The van der Waals surface area contributed by atoms with Gasteiger partial charge in [-0.2, -0.15) is 0 Å². The van der Waals surface area contributed by atoms with Gasteiger partial charge in [0.05, 0.1) is 19.6 Å². The molecule has 0 aliphatic carbocycles. The molecule has 0 aromatic heterocycles. The summed E-state index contributed by atoms with van der Waals surface area (Å²) in [4.78, 5) is 11.7. The van der Waals surface area contributed by atoms with Crippen LogP contribution in [0.1, 0.15) is 17.0 Å². The largest absolute Gasteiger partial charge is 0.493 e. The van der Waals surface area contributed by atoms with Crippen LogP contribution in [0.5, 0.6) is 5.75 Å². The van der Waals surface area contributed by atoms with E-state index in [1.807, 2.05) is 6.07 Å². The summed E-state index contributed by atoms with van der Waals surface area (Å²) in [6.45, 7) is 2.30. The van der Waals surface area contributed by atoms with Crippen LogP contribution in [0.2, 0.25) is 0 Å². The number of carbonyl (C=O) groups is 1. The van der Waals surface area contributed by atoms with E-state index in [0.717, 1.165) is 25.3 Å². The molecule has 0 spiro atoms. The number of methoxy groups -OCH3 is 1. The summed E-state index contributed by atoms with van der Waals surface area (Å²) in [5, 5.41) is 3.27. The summed E-state index contributed by atoms with van der Waals surface area (Å²) < 4.78 is 10.4. The molecule has 2 aliphatic heterocycles. The predicted molar refractivity (Wildman–Crippen MR) is 66.8 cm³/mol. The quantitative estimate of drug-likeness (QED) is 0.795. The van der Waals surface area contributed by atoms with E-state index in [9.17, 15) is 4.79 Å². The smallest absolute Gasteiger partial charge is 0.310 e. The molecule has 0 unspecified atom stereocenters. The Balaban J connectivity index is 1.87. The topological polar surface area (TPSA) is 47.6 Å². The molecule has 0 amide bonds. The maximum absolute atomic E-state index is 11.7. The van der Waals surface area contributed by atoms with Crippen molar-refractivity contribution >= 4 is 5.97 Å². The average Bonchev–Trinajstić information content (AvgIpc) is 3.05. The maximum atomic E-state index is 11.7. The molecular weight excluding hydrogens is 230 g/mol. The fraction of sp³-hybridized carbons (Fsp3) is 0.500. The first kappa shape index (κ1) is 11.5. The number of benzene rings is 1. The van der Waals surface area contributed by atoms with Gasteiger partial charge < -0.3 is 14.8 Å². The number of ether oxygens (including phenoxy) is 2. The summed E-state index contributed by atoms with van der Waals surface area (Å²) in [5.41, 5.74) is 2.46. The van der Waals surface area contributed by atoms with Crippen molar-refractivity contribution in [2.75, 3.05) is 26.8 Å². The lowest BCUT2D eigenvalue weighted by atomic mass is 9.88. The molecule has 0 bridgehead atoms. The molecule has 1 aromatic rings. The van der Waals surface area contributed by atoms with Crippen LogP contribution < -0.4 is 10.1 Å². The number of nitrogens with one attached hydrogen (secondary N) is 1. The first-order valence-corrected chi connectivity index (χ1v) is 6.34. The van der Waals surface area contributed by atoms with Gasteiger partial charge in [0, 0.05) is 25.4 Å². The van der Waals surface area contributed by atoms with Crippen molar-refractivity contribution in [1.29, 1.82) is 0 Å². The number of carbonyl (C=O) groups excluding carboxylic acids is 1. The zero-order chi connectivity index (χ0) is 12.5. The minimum Gasteiger partial charge on any atom is -0.493 e. The Hall–Kier alpha value is -1.55. The molecule has 1 N–H and O–H groups in total. The highest BCUT2D eigenvalue weighted by molar-refractivity contribution is 5.74. The minimum absolute atomic E-state index is 0.0737. The lowest BCUT2D eigenvalue weighted by Gasteiger charge is -2.17. The second-order valence-electron chi connectivity index (χ2n) is 4.86. The van der Waals surface area contributed by atoms with E-state index in [4.69, 9.17) is 9.47 Å². The van der Waals surface area contributed by atoms with Crippen LogP contribution in [0.3, 0.4) is 0 Å². The van der Waals surface area contributed by atoms with E-state index in [1.54, 1.807) is 0 Å². The van der Waals surface area contributed by atoms with Gasteiger partial charge in [0.25, 0.3) is 0 Å². The summed E-state index contributed by atoms with van der Waals surface area (Å²) in [5.74, 6) is 1.000. The Morgan fingerprint density at radius 3 is 3.17 bits per heavy atom. The van der Waals surface area contributed by atoms with Gasteiger partial charge in [-0.3, -0.25) is 4.79 Å². The molecular formula is C14H17NO3. The lowest BCUT2D eigenvalue weighted by molar-refractivity contribution is -0.145. The summed E-state index contributed by atoms with van der Waals surface area (Å²) >= 11 is 0. The van der Waals surface area contributed by atoms with Crippen molar-refractivity contribution in [2.45, 2.75) is 12.3 Å². The van der Waals surface area contributed by atoms with Gasteiger partial charge in [0.2, 0.25) is 0 Å². The van der Waals surface area contributed by atoms with Crippen LogP contribution in [0.15, 0.2) is 18.2 Å². The van der Waals surface area contributed by atoms with Gasteiger partial charge in [-0.25, -0.2) is 0 Å². The number of esters is 1. The van der Waals surface area contributed by atoms with Crippen LogP contribution in [0.25, 0.3) is 0 Å². The highest BCUT2D eigenvalue weighted by Crippen LogP contribution is 2.33. The highest BCUT2D eigenvalue weighted by atomic mass is 16.5. The molecule has 4 nitrogen and oxygen atoms in total. The molecule has 4 heteroatoms. The fourth-order valence-electron chi connectivity index (χ4n) is 2.87. The standard InChI is InChI=1S/C14H17NO3/c1-17-14(16)12-8-15-7-11(12)9-2-3-13-10(6-9)4-5-18-13/h2-3,6,11-12,15H,4-5,7-8H2,1H3/t11-,12+/m0/s1. The number of rotatable bonds is 2. The van der Waals surface area contributed by atoms with Crippen molar-refractivity contribution in [2.24, 2.45) is 5.92 Å². The van der Waals surface area contributed by atoms with E-state index in [-0.39, 0.29) is 17.8 Å². The Kier molecular flexibility index (Phi) is 2.96. The Labute approximate surface area is 106 Å². The van der Waals surface area contributed by atoms with Crippen LogP contribution >= 0.6 is 0 Å². The second kappa shape index (κ2) is 4.61. The molecule has 1 aromatic carbocycles. The van der Waals surface area contributed by atoms with Gasteiger partial charge in [0.15, 0.2) is 0 Å². The first-order valence-electron chi connectivity index (χ1n) is 6.34. The summed E-state index contributed by atoms with van der Waals surface area (Å²) in [6, 6.07) is 6.26. The molecule has 1 saturated heterocycles. The zero-order valence-electron chi connectivity index (χ0n) is 10.4. The van der Waals surface area contributed by atoms with Crippen molar-refractivity contribution < 1.29 is 14.3 Å². The normalized spacial score (nSPS) is 25.6.